The Morgan fingerprint density at radius 1 is 1.30 bits per heavy atom. The number of carbonyl (C=O) groups excluding carboxylic acids is 2. The fourth-order valence-electron chi connectivity index (χ4n) is 2.60. The molecule has 2 amide bonds. The van der Waals surface area contributed by atoms with Crippen molar-refractivity contribution in [2.45, 2.75) is 13.8 Å². The van der Waals surface area contributed by atoms with E-state index in [2.05, 4.69) is 20.3 Å². The zero-order chi connectivity index (χ0) is 21.8. The molecule has 3 rings (SSSR count). The average molecular weight is 448 g/mol. The van der Waals surface area contributed by atoms with Gasteiger partial charge in [0.25, 0.3) is 11.8 Å². The molecule has 1 aromatic carbocycles. The molecule has 0 fully saturated rings. The Bertz CT molecular complexity index is 1060. The van der Waals surface area contributed by atoms with Gasteiger partial charge in [-0.05, 0) is 25.5 Å². The van der Waals surface area contributed by atoms with Crippen LogP contribution in [0.5, 0.6) is 0 Å². The van der Waals surface area contributed by atoms with Crippen LogP contribution in [-0.2, 0) is 4.79 Å². The van der Waals surface area contributed by atoms with Crippen molar-refractivity contribution in [1.29, 1.82) is 0 Å². The van der Waals surface area contributed by atoms with Crippen molar-refractivity contribution in [1.82, 2.24) is 20.4 Å². The summed E-state index contributed by atoms with van der Waals surface area (Å²) in [5, 5.41) is 12.4. The summed E-state index contributed by atoms with van der Waals surface area (Å²) < 4.78 is 0. The number of para-hydroxylation sites is 1. The fourth-order valence-corrected chi connectivity index (χ4v) is 3.69. The molecule has 0 atom stereocenters. The first-order valence-corrected chi connectivity index (χ1v) is 9.82. The molecule has 0 saturated carbocycles. The molecule has 12 heteroatoms. The van der Waals surface area contributed by atoms with E-state index in [1.807, 2.05) is 13.0 Å². The number of benzene rings is 1. The minimum Gasteiger partial charge on any atom is -0.384 e. The van der Waals surface area contributed by atoms with Gasteiger partial charge in [-0.1, -0.05) is 35.1 Å². The second-order valence-corrected chi connectivity index (χ2v) is 7.63. The summed E-state index contributed by atoms with van der Waals surface area (Å²) in [4.78, 5) is 38.7. The molecule has 2 heterocycles. The van der Waals surface area contributed by atoms with E-state index in [0.717, 1.165) is 16.9 Å². The van der Waals surface area contributed by atoms with Crippen molar-refractivity contribution < 1.29 is 14.8 Å². The van der Waals surface area contributed by atoms with Crippen molar-refractivity contribution in [2.75, 3.05) is 22.5 Å². The summed E-state index contributed by atoms with van der Waals surface area (Å²) >= 11 is 7.21. The number of carbonyl (C=O) groups is 2. The predicted molar refractivity (Wildman–Crippen MR) is 114 cm³/mol. The summed E-state index contributed by atoms with van der Waals surface area (Å²) in [6.45, 7) is 3.18. The average Bonchev–Trinajstić information content (AvgIpc) is 3.18. The third-order valence-corrected chi connectivity index (χ3v) is 5.29. The van der Waals surface area contributed by atoms with Crippen LogP contribution in [0, 0.1) is 13.8 Å². The van der Waals surface area contributed by atoms with Crippen LogP contribution in [0.1, 0.15) is 21.1 Å². The zero-order valence-corrected chi connectivity index (χ0v) is 17.6. The van der Waals surface area contributed by atoms with E-state index in [4.69, 9.17) is 22.5 Å². The lowest BCUT2D eigenvalue weighted by atomic mass is 10.2. The van der Waals surface area contributed by atoms with Crippen LogP contribution in [0.3, 0.4) is 0 Å². The summed E-state index contributed by atoms with van der Waals surface area (Å²) in [6, 6.07) is 6.76. The maximum atomic E-state index is 12.7. The van der Waals surface area contributed by atoms with Gasteiger partial charge >= 0.3 is 0 Å². The molecule has 10 nitrogen and oxygen atoms in total. The van der Waals surface area contributed by atoms with Crippen molar-refractivity contribution in [3.63, 3.8) is 0 Å². The summed E-state index contributed by atoms with van der Waals surface area (Å²) in [7, 11) is 0. The van der Waals surface area contributed by atoms with Crippen LogP contribution < -0.4 is 21.4 Å². The lowest BCUT2D eigenvalue weighted by Gasteiger charge is -2.20. The van der Waals surface area contributed by atoms with Gasteiger partial charge in [-0.2, -0.15) is 0 Å². The van der Waals surface area contributed by atoms with E-state index in [1.165, 1.54) is 17.2 Å². The number of aryl methyl sites for hydroxylation is 2. The first-order valence-electron chi connectivity index (χ1n) is 8.62. The number of nitrogens with zero attached hydrogens (tertiary/aromatic N) is 4. The number of amides is 2. The Kier molecular flexibility index (Phi) is 6.45. The van der Waals surface area contributed by atoms with Gasteiger partial charge in [-0.25, -0.2) is 20.4 Å². The van der Waals surface area contributed by atoms with E-state index in [9.17, 15) is 9.59 Å². The monoisotopic (exact) mass is 447 g/mol. The number of aromatic nitrogens is 3. The van der Waals surface area contributed by atoms with E-state index >= 15 is 0 Å². The van der Waals surface area contributed by atoms with Gasteiger partial charge in [0, 0.05) is 6.07 Å². The Morgan fingerprint density at radius 3 is 2.73 bits per heavy atom. The van der Waals surface area contributed by atoms with Crippen LogP contribution in [0.25, 0.3) is 0 Å². The number of rotatable bonds is 6. The number of hydrogen-bond acceptors (Lipinski definition) is 9. The van der Waals surface area contributed by atoms with E-state index in [1.54, 1.807) is 24.5 Å². The standard InChI is InChI=1S/C18H18ClN7O3S/c1-9-4-3-5-11(19)16(9)24-17(28)12-7-21-18(30-12)26(8-15(27)25-29)14-6-13(20)22-10(2)23-14/h3-7,29H,8H2,1-2H3,(H,24,28)(H,25,27)(H2,20,22,23). The van der Waals surface area contributed by atoms with Crippen molar-refractivity contribution in [3.05, 3.63) is 51.7 Å². The Morgan fingerprint density at radius 2 is 2.07 bits per heavy atom. The van der Waals surface area contributed by atoms with Crippen LogP contribution in [0.4, 0.5) is 22.5 Å². The first kappa shape index (κ1) is 21.4. The van der Waals surface area contributed by atoms with Gasteiger partial charge in [-0.3, -0.25) is 19.7 Å². The molecule has 0 aliphatic rings. The highest BCUT2D eigenvalue weighted by Gasteiger charge is 2.21. The molecule has 0 aliphatic heterocycles. The molecule has 0 unspecified atom stereocenters. The molecule has 30 heavy (non-hydrogen) atoms. The van der Waals surface area contributed by atoms with Gasteiger partial charge in [-0.15, -0.1) is 0 Å². The predicted octanol–water partition coefficient (Wildman–Crippen LogP) is 2.68. The molecule has 156 valence electrons. The second-order valence-electron chi connectivity index (χ2n) is 6.21. The zero-order valence-electron chi connectivity index (χ0n) is 16.0. The lowest BCUT2D eigenvalue weighted by molar-refractivity contribution is -0.127. The summed E-state index contributed by atoms with van der Waals surface area (Å²) in [6.07, 6.45) is 1.38. The third-order valence-electron chi connectivity index (χ3n) is 3.96. The van der Waals surface area contributed by atoms with Crippen LogP contribution in [0.2, 0.25) is 5.02 Å². The van der Waals surface area contributed by atoms with Gasteiger partial charge in [0.05, 0.1) is 16.9 Å². The number of thiazole rings is 1. The Balaban J connectivity index is 1.91. The van der Waals surface area contributed by atoms with Crippen molar-refractivity contribution >= 4 is 57.2 Å². The summed E-state index contributed by atoms with van der Waals surface area (Å²) in [5.74, 6) is -0.205. The summed E-state index contributed by atoms with van der Waals surface area (Å²) in [5.41, 5.74) is 8.67. The maximum absolute atomic E-state index is 12.7. The molecule has 0 spiro atoms. The molecule has 0 saturated heterocycles. The molecule has 3 aromatic rings. The van der Waals surface area contributed by atoms with Gasteiger partial charge in [0.2, 0.25) is 0 Å². The minimum atomic E-state index is -0.697. The molecule has 0 bridgehead atoms. The van der Waals surface area contributed by atoms with E-state index < -0.39 is 11.8 Å². The highest BCUT2D eigenvalue weighted by molar-refractivity contribution is 7.17. The molecular formula is C18H18ClN7O3S. The smallest absolute Gasteiger partial charge is 0.267 e. The first-order chi connectivity index (χ1) is 14.3. The van der Waals surface area contributed by atoms with Crippen molar-refractivity contribution in [3.8, 4) is 0 Å². The van der Waals surface area contributed by atoms with Crippen LogP contribution >= 0.6 is 22.9 Å². The lowest BCUT2D eigenvalue weighted by Crippen LogP contribution is -2.33. The Hall–Kier alpha value is -3.28. The minimum absolute atomic E-state index is 0.204. The van der Waals surface area contributed by atoms with E-state index in [0.29, 0.717) is 27.5 Å². The molecule has 0 aliphatic carbocycles. The number of nitrogens with one attached hydrogen (secondary N) is 2. The van der Waals surface area contributed by atoms with Crippen LogP contribution in [-0.4, -0.2) is 38.5 Å². The van der Waals surface area contributed by atoms with Gasteiger partial charge < -0.3 is 11.1 Å². The molecular weight excluding hydrogens is 430 g/mol. The molecule has 5 N–H and O–H groups in total. The van der Waals surface area contributed by atoms with E-state index in [-0.39, 0.29) is 17.2 Å². The van der Waals surface area contributed by atoms with Crippen molar-refractivity contribution in [2.24, 2.45) is 0 Å². The SMILES string of the molecule is Cc1nc(N)cc(N(CC(=O)NO)c2ncc(C(=O)Nc3c(C)cccc3Cl)s2)n1. The number of halogens is 1. The largest absolute Gasteiger partial charge is 0.384 e. The maximum Gasteiger partial charge on any atom is 0.267 e. The topological polar surface area (TPSA) is 146 Å². The Labute approximate surface area is 180 Å². The number of nitrogen functional groups attached to an aromatic ring is 1. The highest BCUT2D eigenvalue weighted by atomic mass is 35.5. The normalized spacial score (nSPS) is 10.5. The molecule has 0 radical (unpaired) electrons. The number of anilines is 4. The molecule has 2 aromatic heterocycles. The number of hydroxylamine groups is 1. The fraction of sp³-hybridized carbons (Fsp3) is 0.167. The number of hydrogen-bond donors (Lipinski definition) is 4. The third kappa shape index (κ3) is 4.82. The second kappa shape index (κ2) is 9.03. The van der Waals surface area contributed by atoms with Gasteiger partial charge in [0.15, 0.2) is 5.13 Å². The van der Waals surface area contributed by atoms with Crippen LogP contribution in [0.15, 0.2) is 30.5 Å². The number of nitrogens with two attached hydrogens (primary N) is 1. The highest BCUT2D eigenvalue weighted by Crippen LogP contribution is 2.31. The van der Waals surface area contributed by atoms with Gasteiger partial charge in [0.1, 0.15) is 28.9 Å². The quantitative estimate of drug-likeness (QED) is 0.333.